The Morgan fingerprint density at radius 3 is 2.11 bits per heavy atom. The third kappa shape index (κ3) is 3.61. The van der Waals surface area contributed by atoms with Crippen LogP contribution in [-0.2, 0) is 22.4 Å². The predicted molar refractivity (Wildman–Crippen MR) is 109 cm³/mol. The number of carbonyl (C=O) groups excluding carboxylic acids is 1. The third-order valence-electron chi connectivity index (χ3n) is 5.90. The van der Waals surface area contributed by atoms with Crippen LogP contribution in [0.15, 0.2) is 48.5 Å². The van der Waals surface area contributed by atoms with Crippen LogP contribution in [0.25, 0.3) is 0 Å². The SMILES string of the molecule is CN(CCCN1c2ccccc2CCc2ccccc21)C(=O)C1CC1C(=O)O. The molecule has 2 atom stereocenters. The van der Waals surface area contributed by atoms with E-state index in [1.54, 1.807) is 11.9 Å². The summed E-state index contributed by atoms with van der Waals surface area (Å²) in [6, 6.07) is 17.1. The van der Waals surface area contributed by atoms with Crippen LogP contribution in [0.2, 0.25) is 0 Å². The van der Waals surface area contributed by atoms with Gasteiger partial charge in [0.05, 0.1) is 11.8 Å². The van der Waals surface area contributed by atoms with Gasteiger partial charge in [-0.2, -0.15) is 0 Å². The van der Waals surface area contributed by atoms with Crippen molar-refractivity contribution in [3.05, 3.63) is 59.7 Å². The van der Waals surface area contributed by atoms with Crippen molar-refractivity contribution in [3.8, 4) is 0 Å². The van der Waals surface area contributed by atoms with Gasteiger partial charge < -0.3 is 14.9 Å². The molecule has 0 bridgehead atoms. The summed E-state index contributed by atoms with van der Waals surface area (Å²) in [5.41, 5.74) is 5.19. The Hall–Kier alpha value is -2.82. The Morgan fingerprint density at radius 1 is 1.00 bits per heavy atom. The van der Waals surface area contributed by atoms with Gasteiger partial charge in [0.25, 0.3) is 0 Å². The van der Waals surface area contributed by atoms with Crippen LogP contribution < -0.4 is 4.90 Å². The summed E-state index contributed by atoms with van der Waals surface area (Å²) in [4.78, 5) is 27.5. The highest BCUT2D eigenvalue weighted by molar-refractivity contribution is 5.89. The van der Waals surface area contributed by atoms with E-state index in [0.29, 0.717) is 13.0 Å². The lowest BCUT2D eigenvalue weighted by Crippen LogP contribution is -2.32. The Bertz CT molecular complexity index is 847. The van der Waals surface area contributed by atoms with E-state index in [-0.39, 0.29) is 11.8 Å². The van der Waals surface area contributed by atoms with Gasteiger partial charge in [0.2, 0.25) is 5.91 Å². The minimum Gasteiger partial charge on any atom is -0.481 e. The molecule has 0 radical (unpaired) electrons. The van der Waals surface area contributed by atoms with Crippen LogP contribution in [0.3, 0.4) is 0 Å². The quantitative estimate of drug-likeness (QED) is 0.836. The molecule has 146 valence electrons. The molecule has 1 amide bonds. The number of aliphatic carboxylic acids is 1. The van der Waals surface area contributed by atoms with Crippen molar-refractivity contribution in [3.63, 3.8) is 0 Å². The van der Waals surface area contributed by atoms with Gasteiger partial charge in [0.15, 0.2) is 0 Å². The molecule has 4 rings (SSSR count). The van der Waals surface area contributed by atoms with E-state index >= 15 is 0 Å². The number of carboxylic acids is 1. The lowest BCUT2D eigenvalue weighted by Gasteiger charge is -2.28. The van der Waals surface area contributed by atoms with Crippen LogP contribution in [-0.4, -0.2) is 42.0 Å². The van der Waals surface area contributed by atoms with E-state index in [4.69, 9.17) is 5.11 Å². The third-order valence-corrected chi connectivity index (χ3v) is 5.90. The Morgan fingerprint density at radius 2 is 1.57 bits per heavy atom. The lowest BCUT2D eigenvalue weighted by molar-refractivity contribution is -0.141. The smallest absolute Gasteiger partial charge is 0.307 e. The van der Waals surface area contributed by atoms with Gasteiger partial charge in [-0.25, -0.2) is 0 Å². The van der Waals surface area contributed by atoms with E-state index in [1.807, 2.05) is 0 Å². The van der Waals surface area contributed by atoms with Crippen molar-refractivity contribution in [2.45, 2.75) is 25.7 Å². The van der Waals surface area contributed by atoms with Gasteiger partial charge in [0, 0.05) is 31.5 Å². The number of carbonyl (C=O) groups is 2. The molecular weight excluding hydrogens is 352 g/mol. The minimum atomic E-state index is -0.857. The molecule has 1 fully saturated rings. The van der Waals surface area contributed by atoms with Crippen LogP contribution in [0.1, 0.15) is 24.0 Å². The summed E-state index contributed by atoms with van der Waals surface area (Å²) < 4.78 is 0. The first kappa shape index (κ1) is 18.5. The Labute approximate surface area is 165 Å². The second kappa shape index (κ2) is 7.66. The van der Waals surface area contributed by atoms with Gasteiger partial charge in [-0.15, -0.1) is 0 Å². The van der Waals surface area contributed by atoms with Crippen molar-refractivity contribution >= 4 is 23.3 Å². The number of nitrogens with zero attached hydrogens (tertiary/aromatic N) is 2. The summed E-state index contributed by atoms with van der Waals surface area (Å²) in [5, 5.41) is 9.04. The minimum absolute atomic E-state index is 0.0379. The first-order valence-corrected chi connectivity index (χ1v) is 9.97. The summed E-state index contributed by atoms with van der Waals surface area (Å²) in [5.74, 6) is -1.71. The maximum atomic E-state index is 12.4. The topological polar surface area (TPSA) is 60.9 Å². The van der Waals surface area contributed by atoms with Gasteiger partial charge in [0.1, 0.15) is 0 Å². The highest BCUT2D eigenvalue weighted by Gasteiger charge is 2.49. The average Bonchev–Trinajstić information content (AvgIpc) is 3.52. The lowest BCUT2D eigenvalue weighted by atomic mass is 10.0. The average molecular weight is 378 g/mol. The number of para-hydroxylation sites is 2. The summed E-state index contributed by atoms with van der Waals surface area (Å²) in [6.45, 7) is 1.45. The molecular formula is C23H26N2O3. The zero-order valence-electron chi connectivity index (χ0n) is 16.2. The number of carboxylic acid groups (broad SMARTS) is 1. The molecule has 2 aromatic rings. The van der Waals surface area contributed by atoms with E-state index in [2.05, 4.69) is 53.4 Å². The van der Waals surface area contributed by atoms with Crippen LogP contribution in [0.5, 0.6) is 0 Å². The highest BCUT2D eigenvalue weighted by atomic mass is 16.4. The van der Waals surface area contributed by atoms with Crippen molar-refractivity contribution in [2.75, 3.05) is 25.0 Å². The molecule has 2 aliphatic rings. The zero-order valence-corrected chi connectivity index (χ0v) is 16.2. The van der Waals surface area contributed by atoms with Gasteiger partial charge in [-0.3, -0.25) is 9.59 Å². The fraction of sp³-hybridized carbons (Fsp3) is 0.391. The van der Waals surface area contributed by atoms with Crippen LogP contribution in [0.4, 0.5) is 11.4 Å². The van der Waals surface area contributed by atoms with E-state index < -0.39 is 11.9 Å². The number of benzene rings is 2. The van der Waals surface area contributed by atoms with Crippen molar-refractivity contribution in [1.29, 1.82) is 0 Å². The zero-order chi connectivity index (χ0) is 19.7. The molecule has 1 heterocycles. The van der Waals surface area contributed by atoms with Crippen molar-refractivity contribution < 1.29 is 14.7 Å². The second-order valence-corrected chi connectivity index (χ2v) is 7.81. The number of anilines is 2. The second-order valence-electron chi connectivity index (χ2n) is 7.81. The molecule has 1 N–H and O–H groups in total. The number of hydrogen-bond acceptors (Lipinski definition) is 3. The standard InChI is InChI=1S/C23H26N2O3/c1-24(22(26)18-15-19(18)23(27)28)13-6-14-25-20-9-4-2-7-16(20)11-12-17-8-3-5-10-21(17)25/h2-5,7-10,18-19H,6,11-15H2,1H3,(H,27,28). The Balaban J connectivity index is 1.44. The number of rotatable bonds is 6. The molecule has 1 saturated carbocycles. The summed E-state index contributed by atoms with van der Waals surface area (Å²) >= 11 is 0. The van der Waals surface area contributed by atoms with Gasteiger partial charge >= 0.3 is 5.97 Å². The molecule has 1 aliphatic carbocycles. The van der Waals surface area contributed by atoms with Crippen molar-refractivity contribution in [2.24, 2.45) is 11.8 Å². The summed E-state index contributed by atoms with van der Waals surface area (Å²) in [6.07, 6.45) is 3.36. The molecule has 0 saturated heterocycles. The molecule has 2 unspecified atom stereocenters. The normalized spacial score (nSPS) is 20.0. The maximum Gasteiger partial charge on any atom is 0.307 e. The molecule has 5 heteroatoms. The molecule has 2 aromatic carbocycles. The number of hydrogen-bond donors (Lipinski definition) is 1. The molecule has 28 heavy (non-hydrogen) atoms. The predicted octanol–water partition coefficient (Wildman–Crippen LogP) is 3.49. The highest BCUT2D eigenvalue weighted by Crippen LogP contribution is 2.40. The molecule has 0 spiro atoms. The fourth-order valence-electron chi connectivity index (χ4n) is 4.21. The van der Waals surface area contributed by atoms with Gasteiger partial charge in [-0.1, -0.05) is 36.4 Å². The Kier molecular flexibility index (Phi) is 5.07. The largest absolute Gasteiger partial charge is 0.481 e. The first-order valence-electron chi connectivity index (χ1n) is 9.97. The molecule has 5 nitrogen and oxygen atoms in total. The number of amides is 1. The van der Waals surface area contributed by atoms with Gasteiger partial charge in [-0.05, 0) is 48.9 Å². The van der Waals surface area contributed by atoms with E-state index in [0.717, 1.165) is 25.8 Å². The first-order chi connectivity index (χ1) is 13.6. The van der Waals surface area contributed by atoms with Crippen LogP contribution >= 0.6 is 0 Å². The molecule has 1 aliphatic heterocycles. The fourth-order valence-corrected chi connectivity index (χ4v) is 4.21. The molecule has 0 aromatic heterocycles. The van der Waals surface area contributed by atoms with Crippen molar-refractivity contribution in [1.82, 2.24) is 4.90 Å². The number of fused-ring (bicyclic) bond motifs is 2. The summed E-state index contributed by atoms with van der Waals surface area (Å²) in [7, 11) is 1.78. The van der Waals surface area contributed by atoms with E-state index in [9.17, 15) is 9.59 Å². The van der Waals surface area contributed by atoms with Crippen LogP contribution in [0, 0.1) is 11.8 Å². The monoisotopic (exact) mass is 378 g/mol. The number of aryl methyl sites for hydroxylation is 2. The van der Waals surface area contributed by atoms with E-state index in [1.165, 1.54) is 22.5 Å². The maximum absolute atomic E-state index is 12.4.